The highest BCUT2D eigenvalue weighted by Gasteiger charge is 2.13. The Labute approximate surface area is 136 Å². The topological polar surface area (TPSA) is 58.6 Å². The molecule has 0 spiro atoms. The molecule has 0 aliphatic carbocycles. The van der Waals surface area contributed by atoms with E-state index in [1.807, 2.05) is 0 Å². The molecule has 2 aromatic rings. The van der Waals surface area contributed by atoms with Crippen LogP contribution in [0.25, 0.3) is 0 Å². The van der Waals surface area contributed by atoms with Crippen LogP contribution in [0.5, 0.6) is 5.75 Å². The molecule has 1 atom stereocenters. The maximum absolute atomic E-state index is 12.1. The van der Waals surface area contributed by atoms with Gasteiger partial charge in [-0.1, -0.05) is 35.9 Å². The molecule has 0 unspecified atom stereocenters. The molecule has 2 rings (SSSR count). The molecule has 4 nitrogen and oxygen atoms in total. The number of carbonyl (C=O) groups is 1. The normalized spacial score (nSPS) is 12.0. The van der Waals surface area contributed by atoms with Crippen LogP contribution >= 0.6 is 11.6 Å². The summed E-state index contributed by atoms with van der Waals surface area (Å²) >= 11 is 5.91. The molecule has 0 aliphatic rings. The SMILES string of the molecule is O=C(NC[C@@H](O)c1ccc(OC(F)F)cc1)c1ccccc1Cl. The molecule has 23 heavy (non-hydrogen) atoms. The first-order valence-electron chi connectivity index (χ1n) is 6.73. The van der Waals surface area contributed by atoms with Gasteiger partial charge in [0.2, 0.25) is 0 Å². The van der Waals surface area contributed by atoms with Crippen LogP contribution in [0.4, 0.5) is 8.78 Å². The number of carbonyl (C=O) groups excluding carboxylic acids is 1. The molecule has 0 aliphatic heterocycles. The number of ether oxygens (including phenoxy) is 1. The van der Waals surface area contributed by atoms with Crippen molar-refractivity contribution in [3.8, 4) is 5.75 Å². The van der Waals surface area contributed by atoms with Gasteiger partial charge in [-0.25, -0.2) is 0 Å². The van der Waals surface area contributed by atoms with Crippen LogP contribution < -0.4 is 10.1 Å². The summed E-state index contributed by atoms with van der Waals surface area (Å²) in [4.78, 5) is 12.0. The van der Waals surface area contributed by atoms with Crippen molar-refractivity contribution in [2.24, 2.45) is 0 Å². The van der Waals surface area contributed by atoms with Gasteiger partial charge in [0.05, 0.1) is 16.7 Å². The van der Waals surface area contributed by atoms with Crippen LogP contribution in [-0.2, 0) is 0 Å². The van der Waals surface area contributed by atoms with Crippen molar-refractivity contribution < 1.29 is 23.4 Å². The molecule has 0 fully saturated rings. The fourth-order valence-corrected chi connectivity index (χ4v) is 2.14. The summed E-state index contributed by atoms with van der Waals surface area (Å²) in [5.41, 5.74) is 0.771. The van der Waals surface area contributed by atoms with Crippen LogP contribution in [0.15, 0.2) is 48.5 Å². The molecular formula is C16H14ClF2NO3. The number of rotatable bonds is 6. The third-order valence-electron chi connectivity index (χ3n) is 3.06. The van der Waals surface area contributed by atoms with Crippen LogP contribution in [0.1, 0.15) is 22.0 Å². The van der Waals surface area contributed by atoms with E-state index in [-0.39, 0.29) is 12.3 Å². The molecule has 0 radical (unpaired) electrons. The molecule has 0 saturated carbocycles. The molecule has 0 heterocycles. The molecule has 0 bridgehead atoms. The second-order valence-electron chi connectivity index (χ2n) is 4.65. The van der Waals surface area contributed by atoms with Gasteiger partial charge in [0, 0.05) is 6.54 Å². The predicted molar refractivity (Wildman–Crippen MR) is 81.8 cm³/mol. The van der Waals surface area contributed by atoms with Crippen LogP contribution in [0.2, 0.25) is 5.02 Å². The van der Waals surface area contributed by atoms with E-state index in [4.69, 9.17) is 11.6 Å². The first-order valence-corrected chi connectivity index (χ1v) is 7.10. The first-order chi connectivity index (χ1) is 11.0. The number of aliphatic hydroxyl groups is 1. The van der Waals surface area contributed by atoms with Crippen molar-refractivity contribution in [2.75, 3.05) is 6.54 Å². The monoisotopic (exact) mass is 341 g/mol. The molecule has 0 saturated heterocycles. The maximum atomic E-state index is 12.1. The van der Waals surface area contributed by atoms with E-state index in [2.05, 4.69) is 10.1 Å². The average molecular weight is 342 g/mol. The van der Waals surface area contributed by atoms with Gasteiger partial charge in [0.15, 0.2) is 0 Å². The fourth-order valence-electron chi connectivity index (χ4n) is 1.92. The lowest BCUT2D eigenvalue weighted by Crippen LogP contribution is -2.28. The van der Waals surface area contributed by atoms with Crippen molar-refractivity contribution in [1.29, 1.82) is 0 Å². The Kier molecular flexibility index (Phi) is 5.90. The quantitative estimate of drug-likeness (QED) is 0.846. The third-order valence-corrected chi connectivity index (χ3v) is 3.39. The summed E-state index contributed by atoms with van der Waals surface area (Å²) in [6.45, 7) is -2.94. The molecule has 7 heteroatoms. The lowest BCUT2D eigenvalue weighted by molar-refractivity contribution is -0.0498. The van der Waals surface area contributed by atoms with Crippen LogP contribution in [0, 0.1) is 0 Å². The lowest BCUT2D eigenvalue weighted by atomic mass is 10.1. The fraction of sp³-hybridized carbons (Fsp3) is 0.188. The summed E-state index contributed by atoms with van der Waals surface area (Å²) < 4.78 is 28.3. The highest BCUT2D eigenvalue weighted by atomic mass is 35.5. The van der Waals surface area contributed by atoms with Crippen LogP contribution in [-0.4, -0.2) is 24.2 Å². The lowest BCUT2D eigenvalue weighted by Gasteiger charge is -2.13. The van der Waals surface area contributed by atoms with Crippen LogP contribution in [0.3, 0.4) is 0 Å². The zero-order chi connectivity index (χ0) is 16.8. The van der Waals surface area contributed by atoms with Crippen molar-refractivity contribution in [2.45, 2.75) is 12.7 Å². The Balaban J connectivity index is 1.93. The van der Waals surface area contributed by atoms with Gasteiger partial charge in [-0.2, -0.15) is 8.78 Å². The van der Waals surface area contributed by atoms with E-state index < -0.39 is 18.6 Å². The molecule has 2 aromatic carbocycles. The Morgan fingerprint density at radius 2 is 1.83 bits per heavy atom. The van der Waals surface area contributed by atoms with E-state index >= 15 is 0 Å². The molecular weight excluding hydrogens is 328 g/mol. The highest BCUT2D eigenvalue weighted by molar-refractivity contribution is 6.33. The highest BCUT2D eigenvalue weighted by Crippen LogP contribution is 2.19. The van der Waals surface area contributed by atoms with E-state index in [1.165, 1.54) is 24.3 Å². The predicted octanol–water partition coefficient (Wildman–Crippen LogP) is 3.40. The van der Waals surface area contributed by atoms with Gasteiger partial charge >= 0.3 is 6.61 Å². The zero-order valence-electron chi connectivity index (χ0n) is 11.9. The van der Waals surface area contributed by atoms with Crippen molar-refractivity contribution in [3.63, 3.8) is 0 Å². The van der Waals surface area contributed by atoms with Crippen molar-refractivity contribution in [1.82, 2.24) is 5.32 Å². The van der Waals surface area contributed by atoms with Gasteiger partial charge in [0.1, 0.15) is 5.75 Å². The minimum absolute atomic E-state index is 0.00365. The second-order valence-corrected chi connectivity index (χ2v) is 5.06. The minimum Gasteiger partial charge on any atom is -0.435 e. The largest absolute Gasteiger partial charge is 0.435 e. The number of hydrogen-bond donors (Lipinski definition) is 2. The van der Waals surface area contributed by atoms with Crippen molar-refractivity contribution in [3.05, 3.63) is 64.7 Å². The van der Waals surface area contributed by atoms with E-state index in [0.29, 0.717) is 16.1 Å². The number of alkyl halides is 2. The molecule has 122 valence electrons. The summed E-state index contributed by atoms with van der Waals surface area (Å²) in [6.07, 6.45) is -0.984. The average Bonchev–Trinajstić information content (AvgIpc) is 2.53. The summed E-state index contributed by atoms with van der Waals surface area (Å²) in [6, 6.07) is 12.1. The van der Waals surface area contributed by atoms with Gasteiger partial charge < -0.3 is 15.2 Å². The summed E-state index contributed by atoms with van der Waals surface area (Å²) in [5.74, 6) is -0.414. The number of halogens is 3. The number of benzene rings is 2. The molecule has 0 aromatic heterocycles. The number of nitrogens with one attached hydrogen (secondary N) is 1. The van der Waals surface area contributed by atoms with Gasteiger partial charge in [-0.05, 0) is 29.8 Å². The minimum atomic E-state index is -2.90. The Morgan fingerprint density at radius 1 is 1.17 bits per heavy atom. The number of amides is 1. The van der Waals surface area contributed by atoms with Crippen molar-refractivity contribution >= 4 is 17.5 Å². The Bertz CT molecular complexity index is 665. The van der Waals surface area contributed by atoms with E-state index in [1.54, 1.807) is 24.3 Å². The van der Waals surface area contributed by atoms with Gasteiger partial charge in [-0.15, -0.1) is 0 Å². The Morgan fingerprint density at radius 3 is 2.43 bits per heavy atom. The third kappa shape index (κ3) is 4.91. The smallest absolute Gasteiger partial charge is 0.387 e. The van der Waals surface area contributed by atoms with E-state index in [9.17, 15) is 18.7 Å². The Hall–Kier alpha value is -2.18. The van der Waals surface area contributed by atoms with E-state index in [0.717, 1.165) is 0 Å². The van der Waals surface area contributed by atoms with Gasteiger partial charge in [-0.3, -0.25) is 4.79 Å². The zero-order valence-corrected chi connectivity index (χ0v) is 12.6. The summed E-state index contributed by atoms with van der Waals surface area (Å²) in [7, 11) is 0. The number of hydrogen-bond acceptors (Lipinski definition) is 3. The number of aliphatic hydroxyl groups excluding tert-OH is 1. The molecule has 1 amide bonds. The maximum Gasteiger partial charge on any atom is 0.387 e. The molecule has 2 N–H and O–H groups in total. The summed E-state index contributed by atoms with van der Waals surface area (Å²) in [5, 5.41) is 12.9. The standard InChI is InChI=1S/C16H14ClF2NO3/c17-13-4-2-1-3-12(13)15(22)20-9-14(21)10-5-7-11(8-6-10)23-16(18)19/h1-8,14,16,21H,9H2,(H,20,22)/t14-/m1/s1. The first kappa shape index (κ1) is 17.2. The van der Waals surface area contributed by atoms with Gasteiger partial charge in [0.25, 0.3) is 5.91 Å². The second kappa shape index (κ2) is 7.89.